The number of Topliss-reactive ketones (excluding diaryl/α,β-unsaturated/α-hetero) is 1. The molecular weight excluding hydrogens is 398 g/mol. The highest BCUT2D eigenvalue weighted by Crippen LogP contribution is 2.28. The van der Waals surface area contributed by atoms with Crippen molar-refractivity contribution in [1.29, 1.82) is 0 Å². The molecule has 6 nitrogen and oxygen atoms in total. The van der Waals surface area contributed by atoms with Gasteiger partial charge >= 0.3 is 0 Å². The van der Waals surface area contributed by atoms with Gasteiger partial charge in [-0.05, 0) is 31.0 Å². The van der Waals surface area contributed by atoms with Crippen molar-refractivity contribution in [3.63, 3.8) is 0 Å². The van der Waals surface area contributed by atoms with Crippen molar-refractivity contribution >= 4 is 23.5 Å². The number of imidazole rings is 1. The molecule has 1 amide bonds. The zero-order valence-corrected chi connectivity index (χ0v) is 18.1. The molecule has 156 valence electrons. The number of carbonyl (C=O) groups is 2. The van der Waals surface area contributed by atoms with Gasteiger partial charge in [0.2, 0.25) is 5.91 Å². The summed E-state index contributed by atoms with van der Waals surface area (Å²) in [5, 5.41) is 3.23. The van der Waals surface area contributed by atoms with Crippen LogP contribution < -0.4 is 10.1 Å². The largest absolute Gasteiger partial charge is 0.497 e. The Labute approximate surface area is 180 Å². The number of hydrogen-bond acceptors (Lipinski definition) is 5. The minimum absolute atomic E-state index is 0.0417. The van der Waals surface area contributed by atoms with Gasteiger partial charge in [0.15, 0.2) is 10.9 Å². The quantitative estimate of drug-likeness (QED) is 0.417. The Morgan fingerprint density at radius 1 is 1.20 bits per heavy atom. The summed E-state index contributed by atoms with van der Waals surface area (Å²) in [6.07, 6.45) is 4.33. The van der Waals surface area contributed by atoms with Crippen LogP contribution in [0.2, 0.25) is 0 Å². The molecule has 0 spiro atoms. The van der Waals surface area contributed by atoms with Gasteiger partial charge in [-0.25, -0.2) is 4.98 Å². The van der Waals surface area contributed by atoms with E-state index < -0.39 is 0 Å². The molecule has 0 saturated carbocycles. The highest BCUT2D eigenvalue weighted by Gasteiger charge is 2.19. The van der Waals surface area contributed by atoms with Gasteiger partial charge in [-0.1, -0.05) is 42.1 Å². The number of carbonyl (C=O) groups excluding carboxylic acids is 2. The van der Waals surface area contributed by atoms with Crippen LogP contribution in [0.4, 0.5) is 0 Å². The number of aromatic nitrogens is 2. The second kappa shape index (κ2) is 10.1. The lowest BCUT2D eigenvalue weighted by atomic mass is 10.0. The number of methoxy groups -OCH3 is 1. The molecule has 2 aromatic carbocycles. The van der Waals surface area contributed by atoms with Gasteiger partial charge in [0.05, 0.1) is 18.0 Å². The SMILES string of the molecule is COc1cccc(-n2ccnc2SC(C)C(=O)c2ccc(CCNC(C)=O)cc2)c1. The van der Waals surface area contributed by atoms with Crippen LogP contribution in [0.1, 0.15) is 29.8 Å². The van der Waals surface area contributed by atoms with E-state index in [1.807, 2.05) is 66.2 Å². The molecule has 30 heavy (non-hydrogen) atoms. The summed E-state index contributed by atoms with van der Waals surface area (Å²) >= 11 is 1.42. The maximum atomic E-state index is 12.9. The number of rotatable bonds is 9. The number of thioether (sulfide) groups is 1. The maximum Gasteiger partial charge on any atom is 0.216 e. The predicted octanol–water partition coefficient (Wildman–Crippen LogP) is 3.92. The molecule has 0 aliphatic carbocycles. The standard InChI is InChI=1S/C23H25N3O3S/c1-16(22(28)19-9-7-18(8-10-19)11-12-24-17(2)27)30-23-25-13-14-26(23)20-5-4-6-21(15-20)29-3/h4-10,13-16H,11-12H2,1-3H3,(H,24,27). The van der Waals surface area contributed by atoms with Crippen LogP contribution in [0.15, 0.2) is 66.1 Å². The van der Waals surface area contributed by atoms with Crippen LogP contribution in [-0.4, -0.2) is 40.1 Å². The molecule has 0 fully saturated rings. The first-order valence-electron chi connectivity index (χ1n) is 9.70. The number of ketones is 1. The fourth-order valence-electron chi connectivity index (χ4n) is 3.00. The molecule has 1 aromatic heterocycles. The Hall–Kier alpha value is -3.06. The Kier molecular flexibility index (Phi) is 7.30. The zero-order chi connectivity index (χ0) is 21.5. The second-order valence-electron chi connectivity index (χ2n) is 6.84. The van der Waals surface area contributed by atoms with E-state index in [-0.39, 0.29) is 16.9 Å². The molecule has 0 radical (unpaired) electrons. The van der Waals surface area contributed by atoms with E-state index in [2.05, 4.69) is 10.3 Å². The third kappa shape index (κ3) is 5.51. The molecule has 1 unspecified atom stereocenters. The number of nitrogens with zero attached hydrogens (tertiary/aromatic N) is 2. The summed E-state index contributed by atoms with van der Waals surface area (Å²) in [6, 6.07) is 15.3. The summed E-state index contributed by atoms with van der Waals surface area (Å²) in [6.45, 7) is 3.98. The van der Waals surface area contributed by atoms with E-state index in [1.54, 1.807) is 13.3 Å². The number of ether oxygens (including phenoxy) is 1. The summed E-state index contributed by atoms with van der Waals surface area (Å²) in [4.78, 5) is 28.3. The van der Waals surface area contributed by atoms with E-state index in [9.17, 15) is 9.59 Å². The third-order valence-electron chi connectivity index (χ3n) is 4.62. The molecule has 0 aliphatic rings. The van der Waals surface area contributed by atoms with Crippen LogP contribution >= 0.6 is 11.8 Å². The van der Waals surface area contributed by atoms with Gasteiger partial charge in [-0.3, -0.25) is 14.2 Å². The number of hydrogen-bond donors (Lipinski definition) is 1. The van der Waals surface area contributed by atoms with Crippen LogP contribution in [0, 0.1) is 0 Å². The Balaban J connectivity index is 1.66. The fourth-order valence-corrected chi connectivity index (χ4v) is 3.96. The monoisotopic (exact) mass is 423 g/mol. The highest BCUT2D eigenvalue weighted by atomic mass is 32.2. The molecule has 1 N–H and O–H groups in total. The number of amides is 1. The fraction of sp³-hybridized carbons (Fsp3) is 0.261. The van der Waals surface area contributed by atoms with Crippen molar-refractivity contribution in [1.82, 2.24) is 14.9 Å². The van der Waals surface area contributed by atoms with Gasteiger partial charge in [-0.2, -0.15) is 0 Å². The molecule has 0 saturated heterocycles. The molecule has 3 rings (SSSR count). The van der Waals surface area contributed by atoms with E-state index in [4.69, 9.17) is 4.74 Å². The molecule has 7 heteroatoms. The topological polar surface area (TPSA) is 73.2 Å². The molecule has 1 atom stereocenters. The van der Waals surface area contributed by atoms with Gasteiger partial charge in [0.1, 0.15) is 5.75 Å². The lowest BCUT2D eigenvalue weighted by molar-refractivity contribution is -0.118. The summed E-state index contributed by atoms with van der Waals surface area (Å²) in [5.41, 5.74) is 2.67. The van der Waals surface area contributed by atoms with Gasteiger partial charge in [0.25, 0.3) is 0 Å². The number of nitrogens with one attached hydrogen (secondary N) is 1. The smallest absolute Gasteiger partial charge is 0.216 e. The second-order valence-corrected chi connectivity index (χ2v) is 8.14. The van der Waals surface area contributed by atoms with Crippen molar-refractivity contribution in [2.45, 2.75) is 30.7 Å². The van der Waals surface area contributed by atoms with Crippen LogP contribution in [0.25, 0.3) is 5.69 Å². The van der Waals surface area contributed by atoms with Crippen LogP contribution in [0.3, 0.4) is 0 Å². The zero-order valence-electron chi connectivity index (χ0n) is 17.3. The first-order valence-corrected chi connectivity index (χ1v) is 10.6. The lowest BCUT2D eigenvalue weighted by Gasteiger charge is -2.13. The van der Waals surface area contributed by atoms with Crippen molar-refractivity contribution in [3.8, 4) is 11.4 Å². The molecular formula is C23H25N3O3S. The van der Waals surface area contributed by atoms with Crippen LogP contribution in [0.5, 0.6) is 5.75 Å². The maximum absolute atomic E-state index is 12.9. The van der Waals surface area contributed by atoms with Gasteiger partial charge in [-0.15, -0.1) is 0 Å². The highest BCUT2D eigenvalue weighted by molar-refractivity contribution is 8.00. The van der Waals surface area contributed by atoms with E-state index >= 15 is 0 Å². The third-order valence-corrected chi connectivity index (χ3v) is 5.70. The molecule has 0 bridgehead atoms. The summed E-state index contributed by atoms with van der Waals surface area (Å²) in [5.74, 6) is 0.772. The van der Waals surface area contributed by atoms with E-state index in [1.165, 1.54) is 18.7 Å². The minimum Gasteiger partial charge on any atom is -0.497 e. The Morgan fingerprint density at radius 3 is 2.67 bits per heavy atom. The molecule has 3 aromatic rings. The van der Waals surface area contributed by atoms with Crippen molar-refractivity contribution in [3.05, 3.63) is 72.1 Å². The van der Waals surface area contributed by atoms with Crippen LogP contribution in [-0.2, 0) is 11.2 Å². The van der Waals surface area contributed by atoms with Gasteiger partial charge < -0.3 is 10.1 Å². The summed E-state index contributed by atoms with van der Waals surface area (Å²) < 4.78 is 7.25. The predicted molar refractivity (Wildman–Crippen MR) is 119 cm³/mol. The summed E-state index contributed by atoms with van der Waals surface area (Å²) in [7, 11) is 1.63. The lowest BCUT2D eigenvalue weighted by Crippen LogP contribution is -2.22. The number of benzene rings is 2. The Morgan fingerprint density at radius 2 is 1.97 bits per heavy atom. The molecule has 0 aliphatic heterocycles. The molecule has 1 heterocycles. The van der Waals surface area contributed by atoms with Crippen molar-refractivity contribution in [2.24, 2.45) is 0 Å². The van der Waals surface area contributed by atoms with Gasteiger partial charge in [0, 0.05) is 37.5 Å². The van der Waals surface area contributed by atoms with Crippen molar-refractivity contribution < 1.29 is 14.3 Å². The first kappa shape index (κ1) is 21.6. The normalized spacial score (nSPS) is 11.7. The average Bonchev–Trinajstić information content (AvgIpc) is 3.21. The minimum atomic E-state index is -0.290. The first-order chi connectivity index (χ1) is 14.5. The van der Waals surface area contributed by atoms with Crippen molar-refractivity contribution in [2.75, 3.05) is 13.7 Å². The Bertz CT molecular complexity index is 1010. The average molecular weight is 424 g/mol. The van der Waals surface area contributed by atoms with E-state index in [0.717, 1.165) is 28.6 Å². The van der Waals surface area contributed by atoms with E-state index in [0.29, 0.717) is 12.1 Å².